The van der Waals surface area contributed by atoms with Gasteiger partial charge in [0.15, 0.2) is 5.78 Å². The molecule has 2 aromatic rings. The highest BCUT2D eigenvalue weighted by molar-refractivity contribution is 6.31. The number of ketones is 1. The highest BCUT2D eigenvalue weighted by atomic mass is 35.5. The second kappa shape index (κ2) is 5.86. The molecule has 1 saturated heterocycles. The zero-order valence-corrected chi connectivity index (χ0v) is 12.7. The van der Waals surface area contributed by atoms with E-state index in [1.807, 2.05) is 30.3 Å². The quantitative estimate of drug-likeness (QED) is 0.805. The molecule has 0 amide bonds. The predicted molar refractivity (Wildman–Crippen MR) is 85.3 cm³/mol. The molecule has 1 aliphatic heterocycles. The molecule has 1 aliphatic rings. The van der Waals surface area contributed by atoms with Crippen molar-refractivity contribution >= 4 is 23.2 Å². The maximum atomic E-state index is 11.3. The Kier molecular flexibility index (Phi) is 3.93. The fraction of sp³-hybridized carbons (Fsp3) is 0.294. The number of carbonyl (C=O) groups is 1. The number of hydrogen-bond acceptors (Lipinski definition) is 3. The van der Waals surface area contributed by atoms with Gasteiger partial charge in [0.1, 0.15) is 5.82 Å². The smallest absolute Gasteiger partial charge is 0.161 e. The van der Waals surface area contributed by atoms with Gasteiger partial charge in [0.05, 0.1) is 0 Å². The van der Waals surface area contributed by atoms with E-state index in [-0.39, 0.29) is 5.78 Å². The molecular formula is C17H17ClN2O. The van der Waals surface area contributed by atoms with Crippen LogP contribution in [-0.2, 0) is 0 Å². The fourth-order valence-electron chi connectivity index (χ4n) is 2.81. The van der Waals surface area contributed by atoms with Gasteiger partial charge in [0.2, 0.25) is 0 Å². The molecule has 1 fully saturated rings. The van der Waals surface area contributed by atoms with Gasteiger partial charge in [-0.15, -0.1) is 0 Å². The van der Waals surface area contributed by atoms with E-state index < -0.39 is 0 Å². The van der Waals surface area contributed by atoms with Crippen LogP contribution < -0.4 is 4.90 Å². The summed E-state index contributed by atoms with van der Waals surface area (Å²) in [4.78, 5) is 17.9. The molecule has 1 aromatic heterocycles. The Morgan fingerprint density at radius 2 is 2.10 bits per heavy atom. The van der Waals surface area contributed by atoms with E-state index in [0.717, 1.165) is 30.4 Å². The minimum Gasteiger partial charge on any atom is -0.356 e. The number of anilines is 1. The van der Waals surface area contributed by atoms with E-state index in [0.29, 0.717) is 11.5 Å². The van der Waals surface area contributed by atoms with Crippen molar-refractivity contribution in [2.45, 2.75) is 19.3 Å². The zero-order chi connectivity index (χ0) is 14.8. The van der Waals surface area contributed by atoms with Crippen molar-refractivity contribution in [3.8, 4) is 0 Å². The van der Waals surface area contributed by atoms with Gasteiger partial charge in [0, 0.05) is 35.8 Å². The zero-order valence-electron chi connectivity index (χ0n) is 11.9. The molecule has 108 valence electrons. The van der Waals surface area contributed by atoms with Crippen LogP contribution in [0, 0.1) is 0 Å². The molecule has 4 heteroatoms. The first-order chi connectivity index (χ1) is 10.1. The topological polar surface area (TPSA) is 33.2 Å². The normalized spacial score (nSPS) is 18.0. The molecule has 1 atom stereocenters. The van der Waals surface area contributed by atoms with Crippen molar-refractivity contribution in [2.75, 3.05) is 18.0 Å². The lowest BCUT2D eigenvalue weighted by Gasteiger charge is -2.18. The molecular weight excluding hydrogens is 284 g/mol. The van der Waals surface area contributed by atoms with Crippen LogP contribution in [-0.4, -0.2) is 23.9 Å². The molecule has 0 N–H and O–H groups in total. The second-order valence-electron chi connectivity index (χ2n) is 5.41. The standard InChI is InChI=1S/C17H17ClN2O/c1-12(21)13-6-7-17(19-10-13)20-9-8-14(11-20)15-4-2-3-5-16(15)18/h2-7,10,14H,8-9,11H2,1H3. The molecule has 3 rings (SSSR count). The molecule has 0 radical (unpaired) electrons. The molecule has 0 spiro atoms. The van der Waals surface area contributed by atoms with Crippen LogP contribution in [0.25, 0.3) is 0 Å². The molecule has 0 aliphatic carbocycles. The average Bonchev–Trinajstić information content (AvgIpc) is 2.97. The first-order valence-corrected chi connectivity index (χ1v) is 7.49. The number of nitrogens with zero attached hydrogens (tertiary/aromatic N) is 2. The van der Waals surface area contributed by atoms with Crippen LogP contribution in [0.1, 0.15) is 35.2 Å². The largest absolute Gasteiger partial charge is 0.356 e. The summed E-state index contributed by atoms with van der Waals surface area (Å²) in [6, 6.07) is 11.8. The van der Waals surface area contributed by atoms with E-state index in [1.54, 1.807) is 13.1 Å². The van der Waals surface area contributed by atoms with E-state index >= 15 is 0 Å². The van der Waals surface area contributed by atoms with Gasteiger partial charge in [-0.25, -0.2) is 4.98 Å². The van der Waals surface area contributed by atoms with Gasteiger partial charge in [-0.1, -0.05) is 29.8 Å². The van der Waals surface area contributed by atoms with E-state index in [9.17, 15) is 4.79 Å². The van der Waals surface area contributed by atoms with Gasteiger partial charge in [-0.2, -0.15) is 0 Å². The van der Waals surface area contributed by atoms with Gasteiger partial charge < -0.3 is 4.90 Å². The number of hydrogen-bond donors (Lipinski definition) is 0. The number of carbonyl (C=O) groups excluding carboxylic acids is 1. The highest BCUT2D eigenvalue weighted by Gasteiger charge is 2.26. The first kappa shape index (κ1) is 14.1. The minimum absolute atomic E-state index is 0.0458. The van der Waals surface area contributed by atoms with E-state index in [4.69, 9.17) is 11.6 Å². The molecule has 1 aromatic carbocycles. The van der Waals surface area contributed by atoms with Crippen LogP contribution in [0.3, 0.4) is 0 Å². The minimum atomic E-state index is 0.0458. The molecule has 0 bridgehead atoms. The van der Waals surface area contributed by atoms with Gasteiger partial charge >= 0.3 is 0 Å². The number of halogens is 1. The second-order valence-corrected chi connectivity index (χ2v) is 5.82. The predicted octanol–water partition coefficient (Wildman–Crippen LogP) is 3.93. The van der Waals surface area contributed by atoms with Gasteiger partial charge in [0.25, 0.3) is 0 Å². The maximum Gasteiger partial charge on any atom is 0.161 e. The Hall–Kier alpha value is -1.87. The van der Waals surface area contributed by atoms with Crippen molar-refractivity contribution in [2.24, 2.45) is 0 Å². The average molecular weight is 301 g/mol. The summed E-state index contributed by atoms with van der Waals surface area (Å²) in [5.74, 6) is 1.41. The van der Waals surface area contributed by atoms with Crippen molar-refractivity contribution in [3.05, 3.63) is 58.7 Å². The molecule has 1 unspecified atom stereocenters. The van der Waals surface area contributed by atoms with Gasteiger partial charge in [-0.05, 0) is 37.1 Å². The van der Waals surface area contributed by atoms with Crippen molar-refractivity contribution in [3.63, 3.8) is 0 Å². The number of benzene rings is 1. The molecule has 21 heavy (non-hydrogen) atoms. The van der Waals surface area contributed by atoms with Crippen LogP contribution in [0.15, 0.2) is 42.6 Å². The monoisotopic (exact) mass is 300 g/mol. The number of Topliss-reactive ketones (excluding diaryl/α,β-unsaturated/α-hetero) is 1. The third kappa shape index (κ3) is 2.93. The van der Waals surface area contributed by atoms with Crippen molar-refractivity contribution in [1.82, 2.24) is 4.98 Å². The van der Waals surface area contributed by atoms with E-state index in [1.165, 1.54) is 5.56 Å². The lowest BCUT2D eigenvalue weighted by Crippen LogP contribution is -2.20. The Bertz CT molecular complexity index is 654. The number of aromatic nitrogens is 1. The summed E-state index contributed by atoms with van der Waals surface area (Å²) in [7, 11) is 0. The van der Waals surface area contributed by atoms with Crippen molar-refractivity contribution in [1.29, 1.82) is 0 Å². The van der Waals surface area contributed by atoms with Crippen LogP contribution in [0.4, 0.5) is 5.82 Å². The third-order valence-corrected chi connectivity index (χ3v) is 4.36. The summed E-state index contributed by atoms with van der Waals surface area (Å²) >= 11 is 6.28. The summed E-state index contributed by atoms with van der Waals surface area (Å²) in [5, 5.41) is 0.837. The Labute approximate surface area is 129 Å². The Morgan fingerprint density at radius 3 is 2.76 bits per heavy atom. The SMILES string of the molecule is CC(=O)c1ccc(N2CCC(c3ccccc3Cl)C2)nc1. The maximum absolute atomic E-state index is 11.3. The lowest BCUT2D eigenvalue weighted by molar-refractivity contribution is 0.101. The van der Waals surface area contributed by atoms with Crippen LogP contribution >= 0.6 is 11.6 Å². The summed E-state index contributed by atoms with van der Waals surface area (Å²) in [5.41, 5.74) is 1.86. The van der Waals surface area contributed by atoms with Gasteiger partial charge in [-0.3, -0.25) is 4.79 Å². The lowest BCUT2D eigenvalue weighted by atomic mass is 9.98. The molecule has 0 saturated carbocycles. The summed E-state index contributed by atoms with van der Waals surface area (Å²) in [6.07, 6.45) is 2.72. The number of rotatable bonds is 3. The fourth-order valence-corrected chi connectivity index (χ4v) is 3.10. The summed E-state index contributed by atoms with van der Waals surface area (Å²) in [6.45, 7) is 3.43. The molecule has 2 heterocycles. The van der Waals surface area contributed by atoms with Crippen molar-refractivity contribution < 1.29 is 4.79 Å². The summed E-state index contributed by atoms with van der Waals surface area (Å²) < 4.78 is 0. The van der Waals surface area contributed by atoms with Crippen LogP contribution in [0.2, 0.25) is 5.02 Å². The highest BCUT2D eigenvalue weighted by Crippen LogP contribution is 2.33. The molecule has 3 nitrogen and oxygen atoms in total. The van der Waals surface area contributed by atoms with E-state index in [2.05, 4.69) is 16.0 Å². The Morgan fingerprint density at radius 1 is 1.29 bits per heavy atom. The first-order valence-electron chi connectivity index (χ1n) is 7.11. The van der Waals surface area contributed by atoms with Crippen LogP contribution in [0.5, 0.6) is 0 Å². The third-order valence-electron chi connectivity index (χ3n) is 4.01. The number of pyridine rings is 1. The Balaban J connectivity index is 1.75.